The van der Waals surface area contributed by atoms with Crippen LogP contribution in [0.5, 0.6) is 0 Å². The van der Waals surface area contributed by atoms with Crippen LogP contribution in [0.25, 0.3) is 0 Å². The summed E-state index contributed by atoms with van der Waals surface area (Å²) in [6, 6.07) is -0.610. The minimum absolute atomic E-state index is 0.118. The number of aromatic nitrogens is 2. The Morgan fingerprint density at radius 2 is 2.23 bits per heavy atom. The molecule has 3 nitrogen and oxygen atoms in total. The molecule has 2 N–H and O–H groups in total. The maximum Gasteiger partial charge on any atom is 0.389 e. The van der Waals surface area contributed by atoms with Crippen LogP contribution in [0.1, 0.15) is 23.8 Å². The summed E-state index contributed by atoms with van der Waals surface area (Å²) in [4.78, 5) is 0.587. The Kier molecular flexibility index (Phi) is 3.21. The molecule has 1 aromatic rings. The normalized spacial score (nSPS) is 14.5. The van der Waals surface area contributed by atoms with E-state index < -0.39 is 18.6 Å². The third kappa shape index (κ3) is 3.69. The van der Waals surface area contributed by atoms with Crippen molar-refractivity contribution < 1.29 is 13.2 Å². The first-order valence-electron chi connectivity index (χ1n) is 3.58. The molecule has 0 fully saturated rings. The number of hydrogen-bond donors (Lipinski definition) is 1. The van der Waals surface area contributed by atoms with E-state index in [4.69, 9.17) is 5.73 Å². The quantitative estimate of drug-likeness (QED) is 0.830. The van der Waals surface area contributed by atoms with Gasteiger partial charge in [-0.3, -0.25) is 0 Å². The Bertz CT molecular complexity index is 246. The van der Waals surface area contributed by atoms with E-state index in [-0.39, 0.29) is 6.42 Å². The number of rotatable bonds is 3. The summed E-state index contributed by atoms with van der Waals surface area (Å²) in [6.45, 7) is 0. The Balaban J connectivity index is 2.39. The molecule has 0 aromatic carbocycles. The summed E-state index contributed by atoms with van der Waals surface area (Å²) in [7, 11) is 0. The summed E-state index contributed by atoms with van der Waals surface area (Å²) in [5.74, 6) is 0. The lowest BCUT2D eigenvalue weighted by Gasteiger charge is -2.09. The van der Waals surface area contributed by atoms with Crippen molar-refractivity contribution >= 4 is 11.5 Å². The van der Waals surface area contributed by atoms with E-state index >= 15 is 0 Å². The molecule has 1 heterocycles. The fraction of sp³-hybridized carbons (Fsp3) is 0.667. The average molecular weight is 211 g/mol. The van der Waals surface area contributed by atoms with Crippen LogP contribution >= 0.6 is 11.5 Å². The average Bonchev–Trinajstić information content (AvgIpc) is 2.50. The third-order valence-electron chi connectivity index (χ3n) is 1.48. The standard InChI is InChI=1S/C6H8F3N3S/c7-6(8,9)2-1-4(10)5-3-11-12-13-5/h3-4H,1-2,10H2. The Labute approximate surface area is 76.9 Å². The smallest absolute Gasteiger partial charge is 0.323 e. The van der Waals surface area contributed by atoms with E-state index in [9.17, 15) is 13.2 Å². The summed E-state index contributed by atoms with van der Waals surface area (Å²) >= 11 is 1.03. The fourth-order valence-electron chi connectivity index (χ4n) is 0.800. The van der Waals surface area contributed by atoms with Gasteiger partial charge in [-0.05, 0) is 18.0 Å². The lowest BCUT2D eigenvalue weighted by atomic mass is 10.1. The Hall–Kier alpha value is -0.690. The second kappa shape index (κ2) is 4.01. The molecule has 13 heavy (non-hydrogen) atoms. The van der Waals surface area contributed by atoms with Gasteiger partial charge in [-0.2, -0.15) is 13.2 Å². The fourth-order valence-corrected chi connectivity index (χ4v) is 1.34. The SMILES string of the molecule is NC(CCC(F)(F)F)c1cnns1. The molecule has 0 saturated heterocycles. The van der Waals surface area contributed by atoms with Gasteiger partial charge in [-0.1, -0.05) is 4.49 Å². The summed E-state index contributed by atoms with van der Waals surface area (Å²) in [6.07, 6.45) is -3.74. The number of halogens is 3. The van der Waals surface area contributed by atoms with Crippen molar-refractivity contribution in [3.05, 3.63) is 11.1 Å². The van der Waals surface area contributed by atoms with Gasteiger partial charge in [0, 0.05) is 12.5 Å². The molecule has 1 rings (SSSR count). The molecule has 0 aliphatic rings. The number of nitrogens with zero attached hydrogens (tertiary/aromatic N) is 2. The summed E-state index contributed by atoms with van der Waals surface area (Å²) in [5.41, 5.74) is 5.48. The monoisotopic (exact) mass is 211 g/mol. The van der Waals surface area contributed by atoms with Gasteiger partial charge in [0.05, 0.1) is 11.1 Å². The second-order valence-electron chi connectivity index (χ2n) is 2.58. The molecular formula is C6H8F3N3S. The molecule has 0 aliphatic heterocycles. The summed E-state index contributed by atoms with van der Waals surface area (Å²) in [5, 5.41) is 3.49. The first kappa shape index (κ1) is 10.4. The predicted octanol–water partition coefficient (Wildman–Crippen LogP) is 1.88. The van der Waals surface area contributed by atoms with Crippen molar-refractivity contribution in [2.24, 2.45) is 5.73 Å². The highest BCUT2D eigenvalue weighted by molar-refractivity contribution is 7.05. The van der Waals surface area contributed by atoms with Crippen LogP contribution < -0.4 is 5.73 Å². The second-order valence-corrected chi connectivity index (χ2v) is 3.40. The van der Waals surface area contributed by atoms with Crippen LogP contribution in [0.15, 0.2) is 6.20 Å². The van der Waals surface area contributed by atoms with E-state index in [0.717, 1.165) is 11.5 Å². The first-order valence-corrected chi connectivity index (χ1v) is 4.36. The van der Waals surface area contributed by atoms with Crippen LogP contribution in [0.2, 0.25) is 0 Å². The maximum atomic E-state index is 11.8. The molecule has 0 amide bonds. The molecule has 1 aromatic heterocycles. The zero-order valence-electron chi connectivity index (χ0n) is 6.58. The highest BCUT2D eigenvalue weighted by atomic mass is 32.1. The highest BCUT2D eigenvalue weighted by Crippen LogP contribution is 2.26. The Morgan fingerprint density at radius 3 is 2.69 bits per heavy atom. The van der Waals surface area contributed by atoms with E-state index in [2.05, 4.69) is 9.59 Å². The van der Waals surface area contributed by atoms with Crippen LogP contribution in [0.4, 0.5) is 13.2 Å². The van der Waals surface area contributed by atoms with Crippen molar-refractivity contribution in [2.45, 2.75) is 25.1 Å². The maximum absolute atomic E-state index is 11.8. The highest BCUT2D eigenvalue weighted by Gasteiger charge is 2.28. The lowest BCUT2D eigenvalue weighted by molar-refractivity contribution is -0.136. The molecule has 0 aliphatic carbocycles. The van der Waals surface area contributed by atoms with Gasteiger partial charge in [0.1, 0.15) is 0 Å². The molecule has 1 unspecified atom stereocenters. The zero-order chi connectivity index (χ0) is 9.90. The van der Waals surface area contributed by atoms with Gasteiger partial charge in [0.2, 0.25) is 0 Å². The largest absolute Gasteiger partial charge is 0.389 e. The van der Waals surface area contributed by atoms with Crippen LogP contribution in [-0.4, -0.2) is 15.8 Å². The molecular weight excluding hydrogens is 203 g/mol. The van der Waals surface area contributed by atoms with Crippen molar-refractivity contribution in [3.8, 4) is 0 Å². The third-order valence-corrected chi connectivity index (χ3v) is 2.28. The van der Waals surface area contributed by atoms with E-state index in [1.54, 1.807) is 0 Å². The number of hydrogen-bond acceptors (Lipinski definition) is 4. The van der Waals surface area contributed by atoms with Gasteiger partial charge in [0.25, 0.3) is 0 Å². The minimum Gasteiger partial charge on any atom is -0.323 e. The number of alkyl halides is 3. The number of nitrogens with two attached hydrogens (primary N) is 1. The van der Waals surface area contributed by atoms with Crippen LogP contribution in [-0.2, 0) is 0 Å². The lowest BCUT2D eigenvalue weighted by Crippen LogP contribution is -2.14. The van der Waals surface area contributed by atoms with Gasteiger partial charge in [0.15, 0.2) is 0 Å². The van der Waals surface area contributed by atoms with Crippen molar-refractivity contribution in [2.75, 3.05) is 0 Å². The molecule has 7 heteroatoms. The molecule has 0 spiro atoms. The zero-order valence-corrected chi connectivity index (χ0v) is 7.40. The molecule has 0 radical (unpaired) electrons. The van der Waals surface area contributed by atoms with Crippen LogP contribution in [0, 0.1) is 0 Å². The summed E-state index contributed by atoms with van der Waals surface area (Å²) < 4.78 is 38.8. The molecule has 1 atom stereocenters. The van der Waals surface area contributed by atoms with Crippen LogP contribution in [0.3, 0.4) is 0 Å². The van der Waals surface area contributed by atoms with E-state index in [0.29, 0.717) is 4.88 Å². The topological polar surface area (TPSA) is 51.8 Å². The predicted molar refractivity (Wildman–Crippen MR) is 42.1 cm³/mol. The van der Waals surface area contributed by atoms with E-state index in [1.165, 1.54) is 6.20 Å². The minimum atomic E-state index is -4.14. The molecule has 0 saturated carbocycles. The van der Waals surface area contributed by atoms with Gasteiger partial charge >= 0.3 is 6.18 Å². The van der Waals surface area contributed by atoms with Crippen molar-refractivity contribution in [1.29, 1.82) is 0 Å². The van der Waals surface area contributed by atoms with E-state index in [1.807, 2.05) is 0 Å². The molecule has 0 bridgehead atoms. The van der Waals surface area contributed by atoms with Gasteiger partial charge < -0.3 is 5.73 Å². The van der Waals surface area contributed by atoms with Crippen molar-refractivity contribution in [3.63, 3.8) is 0 Å². The van der Waals surface area contributed by atoms with Gasteiger partial charge in [-0.25, -0.2) is 0 Å². The first-order chi connectivity index (χ1) is 5.99. The molecule has 74 valence electrons. The van der Waals surface area contributed by atoms with Crippen molar-refractivity contribution in [1.82, 2.24) is 9.59 Å². The van der Waals surface area contributed by atoms with Gasteiger partial charge in [-0.15, -0.1) is 5.10 Å². The Morgan fingerprint density at radius 1 is 1.54 bits per heavy atom.